The van der Waals surface area contributed by atoms with Crippen molar-refractivity contribution in [1.82, 2.24) is 4.57 Å². The molecule has 1 heterocycles. The van der Waals surface area contributed by atoms with Crippen molar-refractivity contribution < 1.29 is 0 Å². The van der Waals surface area contributed by atoms with Crippen LogP contribution in [0.25, 0.3) is 93.2 Å². The fourth-order valence-corrected chi connectivity index (χ4v) is 12.8. The van der Waals surface area contributed by atoms with Gasteiger partial charge < -0.3 is 9.47 Å². The minimum Gasteiger partial charge on any atom is -0.310 e. The Labute approximate surface area is 436 Å². The molecule has 1 aromatic heterocycles. The lowest BCUT2D eigenvalue weighted by molar-refractivity contribution is 0.768. The fraction of sp³-hybridized carbons (Fsp3) is 0.0137. The molecule has 0 fully saturated rings. The van der Waals surface area contributed by atoms with Crippen molar-refractivity contribution in [3.63, 3.8) is 0 Å². The monoisotopic (exact) mass is 952 g/mol. The molecule has 0 radical (unpaired) electrons. The van der Waals surface area contributed by atoms with E-state index in [9.17, 15) is 0 Å². The van der Waals surface area contributed by atoms with Crippen LogP contribution in [0.3, 0.4) is 0 Å². The summed E-state index contributed by atoms with van der Waals surface area (Å²) in [4.78, 5) is 2.48. The highest BCUT2D eigenvalue weighted by atomic mass is 15.1. The number of rotatable bonds is 8. The first-order valence-corrected chi connectivity index (χ1v) is 26.0. The van der Waals surface area contributed by atoms with Gasteiger partial charge in [0, 0.05) is 38.8 Å². The number of para-hydroxylation sites is 1. The molecule has 2 heteroatoms. The van der Waals surface area contributed by atoms with E-state index < -0.39 is 5.41 Å². The molecule has 350 valence electrons. The lowest BCUT2D eigenvalue weighted by Crippen LogP contribution is -2.28. The summed E-state index contributed by atoms with van der Waals surface area (Å²) in [5, 5.41) is 10.0. The Morgan fingerprint density at radius 3 is 1.57 bits per heavy atom. The summed E-state index contributed by atoms with van der Waals surface area (Å²) in [6.45, 7) is 0. The first kappa shape index (κ1) is 42.9. The highest BCUT2D eigenvalue weighted by Crippen LogP contribution is 2.59. The van der Waals surface area contributed by atoms with Crippen LogP contribution in [0, 0.1) is 0 Å². The van der Waals surface area contributed by atoms with E-state index in [1.54, 1.807) is 0 Å². The standard InChI is InChI=1S/C73H48N2/c1-4-21-54(22-5-1)73(55-23-6-2-7-24-55)67-32-17-16-31-65(67)71-68(73)33-18-34-69(71)74(58-43-37-51(38-44-58)66-47-53-20-11-12-27-59(53)61-29-14-15-30-62(61)66)57-41-35-49(36-42-57)52-40-45-63-64-46-39-50-19-10-13-28-60(50)72(64)75(70(63)48-52)56-25-8-3-9-26-56/h1-48H. The van der Waals surface area contributed by atoms with E-state index >= 15 is 0 Å². The van der Waals surface area contributed by atoms with E-state index in [4.69, 9.17) is 0 Å². The van der Waals surface area contributed by atoms with Crippen molar-refractivity contribution in [3.05, 3.63) is 313 Å². The van der Waals surface area contributed by atoms with Crippen molar-refractivity contribution in [2.24, 2.45) is 0 Å². The van der Waals surface area contributed by atoms with Crippen LogP contribution in [0.4, 0.5) is 17.1 Å². The molecule has 1 aliphatic carbocycles. The Hall–Kier alpha value is -9.76. The molecule has 0 unspecified atom stereocenters. The summed E-state index contributed by atoms with van der Waals surface area (Å²) in [7, 11) is 0. The molecule has 0 saturated heterocycles. The summed E-state index contributed by atoms with van der Waals surface area (Å²) in [6, 6.07) is 108. The number of aromatic nitrogens is 1. The first-order valence-electron chi connectivity index (χ1n) is 26.0. The molecule has 0 bridgehead atoms. The zero-order chi connectivity index (χ0) is 49.5. The van der Waals surface area contributed by atoms with Crippen molar-refractivity contribution >= 4 is 71.2 Å². The van der Waals surface area contributed by atoms with E-state index in [0.29, 0.717) is 0 Å². The zero-order valence-electron chi connectivity index (χ0n) is 41.1. The second-order valence-electron chi connectivity index (χ2n) is 19.9. The summed E-state index contributed by atoms with van der Waals surface area (Å²) >= 11 is 0. The summed E-state index contributed by atoms with van der Waals surface area (Å²) < 4.78 is 2.45. The van der Waals surface area contributed by atoms with Crippen LogP contribution in [-0.4, -0.2) is 4.57 Å². The van der Waals surface area contributed by atoms with E-state index in [1.165, 1.54) is 104 Å². The SMILES string of the molecule is c1ccc(-n2c3cc(-c4ccc(N(c5ccc(-c6cc7ccccc7c7ccccc67)cc5)c5cccc6c5-c5ccccc5C6(c5ccccc5)c5ccccc5)cc4)ccc3c3ccc4ccccc4c32)cc1. The average Bonchev–Trinajstić information content (AvgIpc) is 4.13. The number of benzene rings is 13. The number of hydrogen-bond donors (Lipinski definition) is 0. The van der Waals surface area contributed by atoms with E-state index in [-0.39, 0.29) is 0 Å². The van der Waals surface area contributed by atoms with Crippen LogP contribution in [0.15, 0.2) is 291 Å². The fourth-order valence-electron chi connectivity index (χ4n) is 12.8. The maximum Gasteiger partial charge on any atom is 0.0714 e. The third-order valence-electron chi connectivity index (χ3n) is 16.0. The van der Waals surface area contributed by atoms with E-state index in [0.717, 1.165) is 28.3 Å². The maximum absolute atomic E-state index is 2.48. The van der Waals surface area contributed by atoms with Gasteiger partial charge in [0.05, 0.1) is 22.1 Å². The van der Waals surface area contributed by atoms with Crippen LogP contribution < -0.4 is 4.90 Å². The van der Waals surface area contributed by atoms with Gasteiger partial charge in [-0.25, -0.2) is 0 Å². The Morgan fingerprint density at radius 1 is 0.307 bits per heavy atom. The average molecular weight is 953 g/mol. The quantitative estimate of drug-likeness (QED) is 0.138. The molecule has 75 heavy (non-hydrogen) atoms. The zero-order valence-corrected chi connectivity index (χ0v) is 41.1. The second kappa shape index (κ2) is 17.2. The molecule has 13 aromatic carbocycles. The van der Waals surface area contributed by atoms with Gasteiger partial charge >= 0.3 is 0 Å². The van der Waals surface area contributed by atoms with Gasteiger partial charge in [-0.05, 0) is 132 Å². The lowest BCUT2D eigenvalue weighted by Gasteiger charge is -2.34. The van der Waals surface area contributed by atoms with Crippen molar-refractivity contribution in [3.8, 4) is 39.1 Å². The van der Waals surface area contributed by atoms with Crippen molar-refractivity contribution in [1.29, 1.82) is 0 Å². The van der Waals surface area contributed by atoms with E-state index in [2.05, 4.69) is 301 Å². The minimum atomic E-state index is -0.534. The second-order valence-corrected chi connectivity index (χ2v) is 19.9. The molecule has 2 nitrogen and oxygen atoms in total. The van der Waals surface area contributed by atoms with Crippen LogP contribution >= 0.6 is 0 Å². The third-order valence-corrected chi connectivity index (χ3v) is 16.0. The topological polar surface area (TPSA) is 8.17 Å². The van der Waals surface area contributed by atoms with Crippen LogP contribution in [0.1, 0.15) is 22.3 Å². The first-order chi connectivity index (χ1) is 37.2. The Bertz CT molecular complexity index is 4460. The molecule has 1 aliphatic rings. The molecule has 0 spiro atoms. The minimum absolute atomic E-state index is 0.534. The molecule has 0 N–H and O–H groups in total. The van der Waals surface area contributed by atoms with Crippen LogP contribution in [0.2, 0.25) is 0 Å². The number of hydrogen-bond acceptors (Lipinski definition) is 1. The highest BCUT2D eigenvalue weighted by Gasteiger charge is 2.47. The van der Waals surface area contributed by atoms with Crippen LogP contribution in [-0.2, 0) is 5.41 Å². The summed E-state index contributed by atoms with van der Waals surface area (Å²) in [5.41, 5.74) is 18.6. The molecule has 0 atom stereocenters. The van der Waals surface area contributed by atoms with Gasteiger partial charge in [0.25, 0.3) is 0 Å². The normalized spacial score (nSPS) is 12.6. The predicted molar refractivity (Wildman–Crippen MR) is 316 cm³/mol. The largest absolute Gasteiger partial charge is 0.310 e. The summed E-state index contributed by atoms with van der Waals surface area (Å²) in [6.07, 6.45) is 0. The maximum atomic E-state index is 2.48. The van der Waals surface area contributed by atoms with Crippen molar-refractivity contribution in [2.45, 2.75) is 5.41 Å². The number of anilines is 3. The Morgan fingerprint density at radius 2 is 0.853 bits per heavy atom. The van der Waals surface area contributed by atoms with Crippen LogP contribution in [0.5, 0.6) is 0 Å². The van der Waals surface area contributed by atoms with Crippen molar-refractivity contribution in [2.75, 3.05) is 4.90 Å². The van der Waals surface area contributed by atoms with Gasteiger partial charge in [-0.15, -0.1) is 0 Å². The smallest absolute Gasteiger partial charge is 0.0714 e. The van der Waals surface area contributed by atoms with E-state index in [1.807, 2.05) is 0 Å². The Kier molecular flexibility index (Phi) is 9.83. The molecule has 14 aromatic rings. The molecule has 0 amide bonds. The van der Waals surface area contributed by atoms with Gasteiger partial charge in [-0.2, -0.15) is 0 Å². The highest BCUT2D eigenvalue weighted by molar-refractivity contribution is 6.19. The van der Waals surface area contributed by atoms with Gasteiger partial charge in [-0.3, -0.25) is 0 Å². The van der Waals surface area contributed by atoms with Gasteiger partial charge in [0.2, 0.25) is 0 Å². The third kappa shape index (κ3) is 6.60. The Balaban J connectivity index is 0.924. The number of nitrogens with zero attached hydrogens (tertiary/aromatic N) is 2. The number of fused-ring (bicyclic) bond motifs is 11. The van der Waals surface area contributed by atoms with Gasteiger partial charge in [0.1, 0.15) is 0 Å². The molecular formula is C73H48N2. The molecule has 0 aliphatic heterocycles. The van der Waals surface area contributed by atoms with Gasteiger partial charge in [-0.1, -0.05) is 237 Å². The lowest BCUT2D eigenvalue weighted by atomic mass is 9.68. The molecule has 0 saturated carbocycles. The summed E-state index contributed by atoms with van der Waals surface area (Å²) in [5.74, 6) is 0. The van der Waals surface area contributed by atoms with Gasteiger partial charge in [0.15, 0.2) is 0 Å². The predicted octanol–water partition coefficient (Wildman–Crippen LogP) is 19.4. The molecular weight excluding hydrogens is 905 g/mol. The molecule has 15 rings (SSSR count).